The highest BCUT2D eigenvalue weighted by atomic mass is 35.5. The lowest BCUT2D eigenvalue weighted by molar-refractivity contribution is 0.494. The van der Waals surface area contributed by atoms with Crippen LogP contribution in [0.5, 0.6) is 0 Å². The minimum atomic E-state index is 0. The van der Waals surface area contributed by atoms with Gasteiger partial charge < -0.3 is 5.32 Å². The summed E-state index contributed by atoms with van der Waals surface area (Å²) in [6.45, 7) is 2.51. The Morgan fingerprint density at radius 2 is 1.78 bits per heavy atom. The Kier molecular flexibility index (Phi) is 3.35. The summed E-state index contributed by atoms with van der Waals surface area (Å²) in [6.07, 6.45) is 2.81. The van der Waals surface area contributed by atoms with E-state index in [9.17, 15) is 0 Å². The fourth-order valence-corrected chi connectivity index (χ4v) is 4.79. The minimum absolute atomic E-state index is 0. The van der Waals surface area contributed by atoms with E-state index >= 15 is 0 Å². The van der Waals surface area contributed by atoms with Gasteiger partial charge in [-0.25, -0.2) is 0 Å². The normalized spacial score (nSPS) is 30.3. The minimum Gasteiger partial charge on any atom is -0.316 e. The molecule has 2 aromatic rings. The molecular formula is C15H18ClNS. The average molecular weight is 280 g/mol. The standard InChI is InChI=1S/C15H17NS.ClH/c1-2-4-14-10(3-1)7-15(17-14)11-5-12-8-16-9-13(12)6-11;/h1-4,7,11-13,16H,5-6,8-9H2;1H. The Morgan fingerprint density at radius 1 is 1.06 bits per heavy atom. The Hall–Kier alpha value is -0.570. The van der Waals surface area contributed by atoms with E-state index in [-0.39, 0.29) is 12.4 Å². The van der Waals surface area contributed by atoms with Crippen LogP contribution >= 0.6 is 23.7 Å². The Labute approximate surface area is 118 Å². The number of nitrogens with one attached hydrogen (secondary N) is 1. The third-order valence-corrected chi connectivity index (χ3v) is 5.78. The van der Waals surface area contributed by atoms with Gasteiger partial charge in [0.2, 0.25) is 0 Å². The van der Waals surface area contributed by atoms with Crippen molar-refractivity contribution < 1.29 is 0 Å². The number of halogens is 1. The van der Waals surface area contributed by atoms with E-state index in [2.05, 4.69) is 35.6 Å². The van der Waals surface area contributed by atoms with Crippen LogP contribution in [0, 0.1) is 11.8 Å². The summed E-state index contributed by atoms with van der Waals surface area (Å²) in [7, 11) is 0. The summed E-state index contributed by atoms with van der Waals surface area (Å²) in [5.74, 6) is 2.74. The smallest absolute Gasteiger partial charge is 0.0345 e. The molecule has 1 aliphatic carbocycles. The van der Waals surface area contributed by atoms with Gasteiger partial charge in [-0.15, -0.1) is 23.7 Å². The van der Waals surface area contributed by atoms with Crippen LogP contribution in [0.1, 0.15) is 23.6 Å². The van der Waals surface area contributed by atoms with Gasteiger partial charge in [0.25, 0.3) is 0 Å². The summed E-state index contributed by atoms with van der Waals surface area (Å²) in [5, 5.41) is 4.96. The van der Waals surface area contributed by atoms with Gasteiger partial charge in [-0.3, -0.25) is 0 Å². The first-order valence-electron chi connectivity index (χ1n) is 6.59. The zero-order chi connectivity index (χ0) is 11.2. The Morgan fingerprint density at radius 3 is 2.50 bits per heavy atom. The van der Waals surface area contributed by atoms with E-state index in [0.29, 0.717) is 0 Å². The van der Waals surface area contributed by atoms with Gasteiger partial charge in [0.15, 0.2) is 0 Å². The van der Waals surface area contributed by atoms with Gasteiger partial charge in [-0.2, -0.15) is 0 Å². The molecule has 2 fully saturated rings. The first-order chi connectivity index (χ1) is 8.40. The zero-order valence-electron chi connectivity index (χ0n) is 10.3. The molecule has 3 heteroatoms. The van der Waals surface area contributed by atoms with E-state index in [1.54, 1.807) is 4.88 Å². The predicted molar refractivity (Wildman–Crippen MR) is 80.9 cm³/mol. The number of thiophene rings is 1. The zero-order valence-corrected chi connectivity index (χ0v) is 11.9. The van der Waals surface area contributed by atoms with E-state index < -0.39 is 0 Å². The van der Waals surface area contributed by atoms with Crippen molar-refractivity contribution in [1.82, 2.24) is 5.32 Å². The van der Waals surface area contributed by atoms with Crippen molar-refractivity contribution in [2.45, 2.75) is 18.8 Å². The molecule has 2 aliphatic rings. The highest BCUT2D eigenvalue weighted by molar-refractivity contribution is 7.19. The summed E-state index contributed by atoms with van der Waals surface area (Å²) in [4.78, 5) is 1.63. The monoisotopic (exact) mass is 279 g/mol. The van der Waals surface area contributed by atoms with Gasteiger partial charge >= 0.3 is 0 Å². The van der Waals surface area contributed by atoms with Crippen LogP contribution < -0.4 is 5.32 Å². The molecule has 1 saturated carbocycles. The predicted octanol–water partition coefficient (Wildman–Crippen LogP) is 4.04. The van der Waals surface area contributed by atoms with Crippen molar-refractivity contribution in [2.24, 2.45) is 11.8 Å². The van der Waals surface area contributed by atoms with Crippen molar-refractivity contribution in [3.63, 3.8) is 0 Å². The van der Waals surface area contributed by atoms with Crippen LogP contribution in [0.4, 0.5) is 0 Å². The number of hydrogen-bond donors (Lipinski definition) is 1. The number of fused-ring (bicyclic) bond motifs is 2. The maximum Gasteiger partial charge on any atom is 0.0345 e. The van der Waals surface area contributed by atoms with Gasteiger partial charge in [-0.05, 0) is 61.2 Å². The van der Waals surface area contributed by atoms with Crippen molar-refractivity contribution >= 4 is 33.8 Å². The first kappa shape index (κ1) is 12.5. The molecule has 1 aromatic carbocycles. The fourth-order valence-electron chi connectivity index (χ4n) is 3.60. The molecule has 1 aromatic heterocycles. The van der Waals surface area contributed by atoms with Gasteiger partial charge in [-0.1, -0.05) is 18.2 Å². The van der Waals surface area contributed by atoms with Crippen molar-refractivity contribution in [3.8, 4) is 0 Å². The summed E-state index contributed by atoms with van der Waals surface area (Å²) in [6, 6.07) is 11.2. The van der Waals surface area contributed by atoms with Crippen LogP contribution in [0.15, 0.2) is 30.3 Å². The van der Waals surface area contributed by atoms with Crippen molar-refractivity contribution in [1.29, 1.82) is 0 Å². The molecule has 0 radical (unpaired) electrons. The first-order valence-corrected chi connectivity index (χ1v) is 7.41. The van der Waals surface area contributed by atoms with Crippen LogP contribution in [0.25, 0.3) is 10.1 Å². The lowest BCUT2D eigenvalue weighted by Crippen LogP contribution is -2.11. The lowest BCUT2D eigenvalue weighted by atomic mass is 10.0. The summed E-state index contributed by atoms with van der Waals surface area (Å²) < 4.78 is 1.46. The number of rotatable bonds is 1. The summed E-state index contributed by atoms with van der Waals surface area (Å²) in [5.41, 5.74) is 0. The molecule has 1 saturated heterocycles. The molecule has 96 valence electrons. The number of benzene rings is 1. The molecule has 4 rings (SSSR count). The maximum atomic E-state index is 3.53. The molecule has 2 unspecified atom stereocenters. The highest BCUT2D eigenvalue weighted by Gasteiger charge is 2.38. The fraction of sp³-hybridized carbons (Fsp3) is 0.467. The van der Waals surface area contributed by atoms with Gasteiger partial charge in [0.1, 0.15) is 0 Å². The second-order valence-electron chi connectivity index (χ2n) is 5.53. The number of hydrogen-bond acceptors (Lipinski definition) is 2. The quantitative estimate of drug-likeness (QED) is 0.831. The lowest BCUT2D eigenvalue weighted by Gasteiger charge is -2.07. The average Bonchev–Trinajstić information content (AvgIpc) is 3.01. The molecule has 2 heterocycles. The van der Waals surface area contributed by atoms with Crippen LogP contribution in [0.3, 0.4) is 0 Å². The van der Waals surface area contributed by atoms with E-state index in [4.69, 9.17) is 0 Å². The van der Waals surface area contributed by atoms with Crippen molar-refractivity contribution in [3.05, 3.63) is 35.2 Å². The SMILES string of the molecule is Cl.c1ccc2sc(C3CC4CNCC4C3)cc2c1. The van der Waals surface area contributed by atoms with E-state index in [0.717, 1.165) is 17.8 Å². The molecule has 2 atom stereocenters. The molecule has 0 bridgehead atoms. The summed E-state index contributed by atoms with van der Waals surface area (Å²) >= 11 is 2.01. The topological polar surface area (TPSA) is 12.0 Å². The molecule has 0 amide bonds. The van der Waals surface area contributed by atoms with Gasteiger partial charge in [0, 0.05) is 9.58 Å². The molecule has 1 nitrogen and oxygen atoms in total. The molecule has 0 spiro atoms. The Balaban J connectivity index is 0.000001000. The van der Waals surface area contributed by atoms with E-state index in [1.165, 1.54) is 36.0 Å². The molecule has 18 heavy (non-hydrogen) atoms. The van der Waals surface area contributed by atoms with Crippen LogP contribution in [0.2, 0.25) is 0 Å². The Bertz CT molecular complexity index is 505. The van der Waals surface area contributed by atoms with Crippen LogP contribution in [-0.4, -0.2) is 13.1 Å². The third kappa shape index (κ3) is 1.97. The molecule has 1 aliphatic heterocycles. The third-order valence-electron chi connectivity index (χ3n) is 4.50. The van der Waals surface area contributed by atoms with Crippen LogP contribution in [-0.2, 0) is 0 Å². The second kappa shape index (κ2) is 4.84. The second-order valence-corrected chi connectivity index (χ2v) is 6.65. The highest BCUT2D eigenvalue weighted by Crippen LogP contribution is 2.46. The molecule has 1 N–H and O–H groups in total. The molecular weight excluding hydrogens is 262 g/mol. The van der Waals surface area contributed by atoms with Gasteiger partial charge in [0.05, 0.1) is 0 Å². The van der Waals surface area contributed by atoms with E-state index in [1.807, 2.05) is 11.3 Å². The maximum absolute atomic E-state index is 3.53. The van der Waals surface area contributed by atoms with Crippen molar-refractivity contribution in [2.75, 3.05) is 13.1 Å². The largest absolute Gasteiger partial charge is 0.316 e.